The molecule has 9 heteroatoms. The van der Waals surface area contributed by atoms with E-state index in [1.807, 2.05) is 0 Å². The van der Waals surface area contributed by atoms with Crippen molar-refractivity contribution in [1.82, 2.24) is 12.3 Å². The molecule has 0 spiro atoms. The van der Waals surface area contributed by atoms with E-state index < -0.39 is 10.4 Å². The third-order valence-electron chi connectivity index (χ3n) is 4.45. The third kappa shape index (κ3) is 38.6. The highest BCUT2D eigenvalue weighted by Crippen LogP contribution is 2.11. The molecule has 0 aliphatic carbocycles. The van der Waals surface area contributed by atoms with Crippen LogP contribution in [0.4, 0.5) is 0 Å². The Morgan fingerprint density at radius 2 is 0.759 bits per heavy atom. The summed E-state index contributed by atoms with van der Waals surface area (Å²) in [5.41, 5.74) is 0. The van der Waals surface area contributed by atoms with Gasteiger partial charge in [-0.2, -0.15) is 8.42 Å². The average Bonchev–Trinajstić information content (AvgIpc) is 2.59. The van der Waals surface area contributed by atoms with Crippen LogP contribution in [0.2, 0.25) is 0 Å². The van der Waals surface area contributed by atoms with Crippen LogP contribution < -0.4 is 12.3 Å². The highest BCUT2D eigenvalue weighted by Gasteiger charge is 1.95. The van der Waals surface area contributed by atoms with Crippen LogP contribution in [-0.2, 0) is 20.2 Å². The van der Waals surface area contributed by atoms with Crippen LogP contribution in [0.5, 0.6) is 0 Å². The Morgan fingerprint density at radius 3 is 1.07 bits per heavy atom. The molecule has 1 heterocycles. The van der Waals surface area contributed by atoms with E-state index in [4.69, 9.17) is 27.3 Å². The maximum atomic E-state index is 8.74. The second kappa shape index (κ2) is 25.5. The Hall–Kier alpha value is -0.550. The minimum absolute atomic E-state index is 0. The molecule has 0 unspecified atom stereocenters. The molecule has 178 valence electrons. The van der Waals surface area contributed by atoms with Crippen molar-refractivity contribution in [2.45, 2.75) is 103 Å². The molecule has 0 bridgehead atoms. The SMILES string of the molecule is C1=CCCCCCCCCOOCCCCCCCCCC1.N.N.O=S(=O)(O)O. The van der Waals surface area contributed by atoms with E-state index in [1.54, 1.807) is 0 Å². The Balaban J connectivity index is -0.000000860. The zero-order valence-corrected chi connectivity index (χ0v) is 19.0. The Bertz CT molecular complexity index is 401. The van der Waals surface area contributed by atoms with Crippen LogP contribution in [0.1, 0.15) is 103 Å². The zero-order chi connectivity index (χ0) is 20.1. The molecule has 0 saturated heterocycles. The minimum atomic E-state index is -4.67. The highest BCUT2D eigenvalue weighted by molar-refractivity contribution is 7.79. The molecule has 0 fully saturated rings. The van der Waals surface area contributed by atoms with E-state index in [0.29, 0.717) is 0 Å². The zero-order valence-electron chi connectivity index (χ0n) is 18.2. The van der Waals surface area contributed by atoms with Gasteiger partial charge in [0.25, 0.3) is 0 Å². The normalized spacial score (nSPS) is 19.7. The summed E-state index contributed by atoms with van der Waals surface area (Å²) >= 11 is 0. The molecule has 0 saturated carbocycles. The number of allylic oxidation sites excluding steroid dienone is 2. The summed E-state index contributed by atoms with van der Waals surface area (Å²) in [7, 11) is -4.67. The first-order chi connectivity index (χ1) is 13.0. The van der Waals surface area contributed by atoms with Crippen molar-refractivity contribution in [3.63, 3.8) is 0 Å². The molecule has 0 amide bonds. The maximum absolute atomic E-state index is 8.74. The molecular weight excluding hydrogens is 396 g/mol. The smallest absolute Gasteiger partial charge is 0.344 e. The summed E-state index contributed by atoms with van der Waals surface area (Å²) in [6.45, 7) is 1.54. The van der Waals surface area contributed by atoms with E-state index in [1.165, 1.54) is 89.9 Å². The Morgan fingerprint density at radius 1 is 0.517 bits per heavy atom. The van der Waals surface area contributed by atoms with Crippen molar-refractivity contribution in [2.24, 2.45) is 0 Å². The standard InChI is InChI=1S/C20H38O2.2H3N.H2O4S/c1-2-4-6-8-10-12-14-16-18-20-22-21-19-17-15-13-11-9-7-5-3-1;;;1-5(2,3)4/h1,3H,2,4-20H2;2*1H3;(H2,1,2,3,4). The van der Waals surface area contributed by atoms with Crippen molar-refractivity contribution >= 4 is 10.4 Å². The van der Waals surface area contributed by atoms with Gasteiger partial charge in [-0.25, -0.2) is 9.78 Å². The fourth-order valence-electron chi connectivity index (χ4n) is 2.97. The summed E-state index contributed by atoms with van der Waals surface area (Å²) < 4.78 is 31.6. The van der Waals surface area contributed by atoms with Crippen LogP contribution in [0.3, 0.4) is 0 Å². The summed E-state index contributed by atoms with van der Waals surface area (Å²) in [4.78, 5) is 10.5. The highest BCUT2D eigenvalue weighted by atomic mass is 32.3. The molecule has 0 aromatic rings. The Kier molecular flexibility index (Phi) is 29.1. The van der Waals surface area contributed by atoms with Gasteiger partial charge in [0, 0.05) is 0 Å². The lowest BCUT2D eigenvalue weighted by atomic mass is 10.1. The van der Waals surface area contributed by atoms with Crippen molar-refractivity contribution < 1.29 is 27.3 Å². The molecule has 1 aliphatic heterocycles. The first kappa shape index (κ1) is 33.1. The van der Waals surface area contributed by atoms with Gasteiger partial charge in [-0.3, -0.25) is 9.11 Å². The lowest BCUT2D eigenvalue weighted by molar-refractivity contribution is -0.295. The molecule has 1 aliphatic rings. The van der Waals surface area contributed by atoms with Crippen molar-refractivity contribution in [2.75, 3.05) is 13.2 Å². The monoisotopic (exact) mass is 442 g/mol. The number of rotatable bonds is 0. The van der Waals surface area contributed by atoms with Gasteiger partial charge < -0.3 is 12.3 Å². The van der Waals surface area contributed by atoms with E-state index in [-0.39, 0.29) is 12.3 Å². The quantitative estimate of drug-likeness (QED) is 0.190. The van der Waals surface area contributed by atoms with Gasteiger partial charge in [-0.05, 0) is 38.5 Å². The van der Waals surface area contributed by atoms with E-state index >= 15 is 0 Å². The molecule has 0 aromatic carbocycles. The average molecular weight is 443 g/mol. The van der Waals surface area contributed by atoms with E-state index in [2.05, 4.69) is 12.2 Å². The molecule has 1 rings (SSSR count). The van der Waals surface area contributed by atoms with E-state index in [9.17, 15) is 0 Å². The van der Waals surface area contributed by atoms with Crippen molar-refractivity contribution in [3.05, 3.63) is 12.2 Å². The van der Waals surface area contributed by atoms with Crippen LogP contribution in [-0.4, -0.2) is 30.7 Å². The minimum Gasteiger partial charge on any atom is -0.344 e. The fraction of sp³-hybridized carbons (Fsp3) is 0.900. The van der Waals surface area contributed by atoms with Crippen LogP contribution in [0.15, 0.2) is 12.2 Å². The van der Waals surface area contributed by atoms with Crippen molar-refractivity contribution in [1.29, 1.82) is 0 Å². The van der Waals surface area contributed by atoms with Gasteiger partial charge >= 0.3 is 10.4 Å². The van der Waals surface area contributed by atoms with Crippen LogP contribution in [0.25, 0.3) is 0 Å². The summed E-state index contributed by atoms with van der Waals surface area (Å²) in [5, 5.41) is 0. The molecule has 8 nitrogen and oxygen atoms in total. The predicted octanol–water partition coefficient (Wildman–Crippen LogP) is 6.42. The van der Waals surface area contributed by atoms with Gasteiger partial charge in [0.2, 0.25) is 0 Å². The molecule has 29 heavy (non-hydrogen) atoms. The third-order valence-corrected chi connectivity index (χ3v) is 4.45. The van der Waals surface area contributed by atoms with Gasteiger partial charge in [-0.1, -0.05) is 76.4 Å². The second-order valence-electron chi connectivity index (χ2n) is 7.09. The summed E-state index contributed by atoms with van der Waals surface area (Å²) in [6.07, 6.45) is 26.0. The van der Waals surface area contributed by atoms with Gasteiger partial charge in [-0.15, -0.1) is 0 Å². The molecule has 0 radical (unpaired) electrons. The number of hydrogen-bond donors (Lipinski definition) is 4. The summed E-state index contributed by atoms with van der Waals surface area (Å²) in [5.74, 6) is 0. The lowest BCUT2D eigenvalue weighted by Gasteiger charge is -2.05. The van der Waals surface area contributed by atoms with Crippen LogP contribution in [0, 0.1) is 0 Å². The first-order valence-corrected chi connectivity index (χ1v) is 12.0. The molecule has 8 N–H and O–H groups in total. The molecular formula is C20H46N2O6S. The second-order valence-corrected chi connectivity index (χ2v) is 7.99. The largest absolute Gasteiger partial charge is 0.394 e. The van der Waals surface area contributed by atoms with Crippen molar-refractivity contribution in [3.8, 4) is 0 Å². The fourth-order valence-corrected chi connectivity index (χ4v) is 2.97. The maximum Gasteiger partial charge on any atom is 0.394 e. The topological polar surface area (TPSA) is 163 Å². The lowest BCUT2D eigenvalue weighted by Crippen LogP contribution is -1.99. The van der Waals surface area contributed by atoms with Gasteiger partial charge in [0.15, 0.2) is 0 Å². The number of hydrogen-bond acceptors (Lipinski definition) is 6. The van der Waals surface area contributed by atoms with Gasteiger partial charge in [0.1, 0.15) is 0 Å². The molecule has 0 atom stereocenters. The van der Waals surface area contributed by atoms with E-state index in [0.717, 1.165) is 26.1 Å². The summed E-state index contributed by atoms with van der Waals surface area (Å²) in [6, 6.07) is 0. The predicted molar refractivity (Wildman–Crippen MR) is 119 cm³/mol. The van der Waals surface area contributed by atoms with Crippen LogP contribution >= 0.6 is 0 Å². The Labute approximate surface area is 178 Å². The van der Waals surface area contributed by atoms with Gasteiger partial charge in [0.05, 0.1) is 13.2 Å². The molecule has 0 aromatic heterocycles. The first-order valence-electron chi connectivity index (χ1n) is 10.6.